The minimum absolute atomic E-state index is 0.227. The van der Waals surface area contributed by atoms with E-state index >= 15 is 0 Å². The molecule has 0 spiro atoms. The van der Waals surface area contributed by atoms with Crippen LogP contribution in [-0.4, -0.2) is 18.6 Å². The van der Waals surface area contributed by atoms with E-state index < -0.39 is 35.7 Å². The predicted octanol–water partition coefficient (Wildman–Crippen LogP) is 3.71. The molecule has 1 aromatic rings. The maximum atomic E-state index is 12.8. The SMILES string of the molecule is N=C(N)c1ccc(OCCCC(F)(F)F)cc1C(F)(F)F. The van der Waals surface area contributed by atoms with Crippen LogP contribution in [0.4, 0.5) is 26.3 Å². The Morgan fingerprint density at radius 2 is 1.76 bits per heavy atom. The zero-order chi connectivity index (χ0) is 16.3. The van der Waals surface area contributed by atoms with Crippen LogP contribution in [0.3, 0.4) is 0 Å². The van der Waals surface area contributed by atoms with Gasteiger partial charge in [-0.3, -0.25) is 5.41 Å². The molecule has 0 unspecified atom stereocenters. The van der Waals surface area contributed by atoms with E-state index in [1.54, 1.807) is 0 Å². The zero-order valence-electron chi connectivity index (χ0n) is 10.6. The molecule has 0 amide bonds. The fourth-order valence-corrected chi connectivity index (χ4v) is 1.55. The summed E-state index contributed by atoms with van der Waals surface area (Å²) in [6.07, 6.45) is -10.5. The van der Waals surface area contributed by atoms with Gasteiger partial charge in [0.05, 0.1) is 12.2 Å². The van der Waals surface area contributed by atoms with Gasteiger partial charge in [-0.15, -0.1) is 0 Å². The summed E-state index contributed by atoms with van der Waals surface area (Å²) in [6, 6.07) is 2.69. The van der Waals surface area contributed by atoms with Gasteiger partial charge in [-0.1, -0.05) is 0 Å². The van der Waals surface area contributed by atoms with E-state index in [1.807, 2.05) is 0 Å². The lowest BCUT2D eigenvalue weighted by Gasteiger charge is -2.14. The first-order chi connectivity index (χ1) is 9.50. The minimum Gasteiger partial charge on any atom is -0.494 e. The average Bonchev–Trinajstić information content (AvgIpc) is 2.32. The van der Waals surface area contributed by atoms with Crippen LogP contribution in [0.5, 0.6) is 5.75 Å². The molecular weight excluding hydrogens is 302 g/mol. The summed E-state index contributed by atoms with van der Waals surface area (Å²) in [5, 5.41) is 7.08. The number of nitrogen functional groups attached to an aromatic ring is 1. The van der Waals surface area contributed by atoms with Gasteiger partial charge in [-0.2, -0.15) is 26.3 Å². The molecule has 0 aliphatic rings. The third-order valence-electron chi connectivity index (χ3n) is 2.46. The third-order valence-corrected chi connectivity index (χ3v) is 2.46. The lowest BCUT2D eigenvalue weighted by Crippen LogP contribution is -2.19. The summed E-state index contributed by atoms with van der Waals surface area (Å²) in [4.78, 5) is 0. The van der Waals surface area contributed by atoms with E-state index in [0.29, 0.717) is 6.07 Å². The number of rotatable bonds is 5. The van der Waals surface area contributed by atoms with Crippen molar-refractivity contribution in [3.05, 3.63) is 29.3 Å². The highest BCUT2D eigenvalue weighted by atomic mass is 19.4. The van der Waals surface area contributed by atoms with Gasteiger partial charge in [0.1, 0.15) is 11.6 Å². The summed E-state index contributed by atoms with van der Waals surface area (Å²) in [5.41, 5.74) is 3.38. The van der Waals surface area contributed by atoms with Crippen molar-refractivity contribution < 1.29 is 31.1 Å². The Hall–Kier alpha value is -1.93. The molecule has 1 aromatic carbocycles. The van der Waals surface area contributed by atoms with Crippen molar-refractivity contribution in [3.8, 4) is 5.75 Å². The molecule has 0 bridgehead atoms. The zero-order valence-corrected chi connectivity index (χ0v) is 10.6. The molecular formula is C12H12F6N2O. The molecule has 0 saturated carbocycles. The Balaban J connectivity index is 2.80. The lowest BCUT2D eigenvalue weighted by atomic mass is 10.1. The van der Waals surface area contributed by atoms with Crippen LogP contribution in [-0.2, 0) is 6.18 Å². The molecule has 9 heteroatoms. The molecule has 0 radical (unpaired) electrons. The Kier molecular flexibility index (Phi) is 5.08. The van der Waals surface area contributed by atoms with Gasteiger partial charge < -0.3 is 10.5 Å². The number of hydrogen-bond acceptors (Lipinski definition) is 2. The number of nitrogens with two attached hydrogens (primary N) is 1. The highest BCUT2D eigenvalue weighted by Crippen LogP contribution is 2.34. The minimum atomic E-state index is -4.74. The highest BCUT2D eigenvalue weighted by Gasteiger charge is 2.34. The van der Waals surface area contributed by atoms with Crippen LogP contribution < -0.4 is 10.5 Å². The van der Waals surface area contributed by atoms with Crippen LogP contribution in [0.1, 0.15) is 24.0 Å². The van der Waals surface area contributed by atoms with Crippen molar-refractivity contribution in [3.63, 3.8) is 0 Å². The molecule has 3 nitrogen and oxygen atoms in total. The van der Waals surface area contributed by atoms with Gasteiger partial charge in [-0.05, 0) is 24.6 Å². The molecule has 0 saturated heterocycles. The quantitative estimate of drug-likeness (QED) is 0.377. The maximum Gasteiger partial charge on any atom is 0.417 e. The van der Waals surface area contributed by atoms with Crippen LogP contribution in [0.2, 0.25) is 0 Å². The Labute approximate surface area is 116 Å². The van der Waals surface area contributed by atoms with Crippen molar-refractivity contribution in [1.29, 1.82) is 5.41 Å². The number of ether oxygens (including phenoxy) is 1. The summed E-state index contributed by atoms with van der Waals surface area (Å²) in [7, 11) is 0. The van der Waals surface area contributed by atoms with Crippen molar-refractivity contribution in [2.45, 2.75) is 25.2 Å². The standard InChI is InChI=1S/C12H12F6N2O/c13-11(14,15)4-1-5-21-7-2-3-8(10(19)20)9(6-7)12(16,17)18/h2-3,6H,1,4-5H2,(H3,19,20). The van der Waals surface area contributed by atoms with Gasteiger partial charge in [-0.25, -0.2) is 0 Å². The molecule has 0 heterocycles. The molecule has 0 fully saturated rings. The normalized spacial score (nSPS) is 12.3. The number of hydrogen-bond donors (Lipinski definition) is 2. The Bertz CT molecular complexity index is 509. The molecule has 21 heavy (non-hydrogen) atoms. The molecule has 0 aliphatic heterocycles. The second-order valence-corrected chi connectivity index (χ2v) is 4.19. The first-order valence-corrected chi connectivity index (χ1v) is 5.76. The van der Waals surface area contributed by atoms with Gasteiger partial charge in [0.2, 0.25) is 0 Å². The van der Waals surface area contributed by atoms with E-state index in [1.165, 1.54) is 0 Å². The predicted molar refractivity (Wildman–Crippen MR) is 63.2 cm³/mol. The van der Waals surface area contributed by atoms with E-state index in [9.17, 15) is 26.3 Å². The first kappa shape index (κ1) is 17.1. The number of alkyl halides is 6. The monoisotopic (exact) mass is 314 g/mol. The topological polar surface area (TPSA) is 59.1 Å². The number of amidine groups is 1. The third kappa shape index (κ3) is 5.52. The number of nitrogens with one attached hydrogen (secondary N) is 1. The van der Waals surface area contributed by atoms with Crippen molar-refractivity contribution >= 4 is 5.84 Å². The first-order valence-electron chi connectivity index (χ1n) is 5.76. The fourth-order valence-electron chi connectivity index (χ4n) is 1.55. The van der Waals surface area contributed by atoms with Gasteiger partial charge >= 0.3 is 12.4 Å². The summed E-state index contributed by atoms with van der Waals surface area (Å²) in [6.45, 7) is -0.365. The fraction of sp³-hybridized carbons (Fsp3) is 0.417. The van der Waals surface area contributed by atoms with E-state index in [2.05, 4.69) is 0 Å². The van der Waals surface area contributed by atoms with Crippen molar-refractivity contribution in [2.24, 2.45) is 5.73 Å². The Morgan fingerprint density at radius 1 is 1.14 bits per heavy atom. The molecule has 1 rings (SSSR count). The molecule has 118 valence electrons. The maximum absolute atomic E-state index is 12.8. The van der Waals surface area contributed by atoms with Crippen molar-refractivity contribution in [1.82, 2.24) is 0 Å². The number of benzene rings is 1. The van der Waals surface area contributed by atoms with Crippen molar-refractivity contribution in [2.75, 3.05) is 6.61 Å². The van der Waals surface area contributed by atoms with Crippen LogP contribution in [0, 0.1) is 5.41 Å². The summed E-state index contributed by atoms with van der Waals surface area (Å²) < 4.78 is 78.9. The van der Waals surface area contributed by atoms with Gasteiger partial charge in [0.15, 0.2) is 0 Å². The van der Waals surface area contributed by atoms with E-state index in [0.717, 1.165) is 12.1 Å². The van der Waals surface area contributed by atoms with E-state index in [-0.39, 0.29) is 18.8 Å². The molecule has 0 aliphatic carbocycles. The van der Waals surface area contributed by atoms with Crippen LogP contribution >= 0.6 is 0 Å². The largest absolute Gasteiger partial charge is 0.494 e. The average molecular weight is 314 g/mol. The molecule has 3 N–H and O–H groups in total. The second kappa shape index (κ2) is 6.23. The van der Waals surface area contributed by atoms with Gasteiger partial charge in [0.25, 0.3) is 0 Å². The summed E-state index contributed by atoms with van der Waals surface area (Å²) >= 11 is 0. The van der Waals surface area contributed by atoms with Gasteiger partial charge in [0, 0.05) is 12.0 Å². The van der Waals surface area contributed by atoms with Crippen LogP contribution in [0.15, 0.2) is 18.2 Å². The number of halogens is 6. The highest BCUT2D eigenvalue weighted by molar-refractivity contribution is 5.96. The Morgan fingerprint density at radius 3 is 2.24 bits per heavy atom. The molecule has 0 atom stereocenters. The second-order valence-electron chi connectivity index (χ2n) is 4.19. The summed E-state index contributed by atoms with van der Waals surface area (Å²) in [5.74, 6) is -0.986. The van der Waals surface area contributed by atoms with Crippen LogP contribution in [0.25, 0.3) is 0 Å². The lowest BCUT2D eigenvalue weighted by molar-refractivity contribution is -0.137. The van der Waals surface area contributed by atoms with E-state index in [4.69, 9.17) is 15.9 Å². The smallest absolute Gasteiger partial charge is 0.417 e. The molecule has 0 aromatic heterocycles.